The fraction of sp³-hybridized carbons (Fsp3) is 0.261. The second-order valence-corrected chi connectivity index (χ2v) is 7.24. The number of anilines is 1. The van der Waals surface area contributed by atoms with E-state index in [2.05, 4.69) is 17.4 Å². The van der Waals surface area contributed by atoms with Gasteiger partial charge in [-0.05, 0) is 30.9 Å². The number of aromatic nitrogens is 2. The van der Waals surface area contributed by atoms with Crippen molar-refractivity contribution in [3.63, 3.8) is 0 Å². The summed E-state index contributed by atoms with van der Waals surface area (Å²) in [7, 11) is 0. The maximum absolute atomic E-state index is 12.3. The summed E-state index contributed by atoms with van der Waals surface area (Å²) in [5.41, 5.74) is 6.05. The van der Waals surface area contributed by atoms with Crippen LogP contribution in [-0.2, 0) is 24.1 Å². The van der Waals surface area contributed by atoms with Crippen molar-refractivity contribution in [3.8, 4) is 11.3 Å². The SMILES string of the molecule is CC(O)CC(=O)Nc1nc2c(nc1Cc1ccccc1)-c1ccccc1CC2. The Morgan fingerprint density at radius 3 is 2.61 bits per heavy atom. The van der Waals surface area contributed by atoms with Crippen LogP contribution in [0.2, 0.25) is 0 Å². The number of hydrogen-bond acceptors (Lipinski definition) is 4. The van der Waals surface area contributed by atoms with Crippen LogP contribution in [0.1, 0.15) is 35.9 Å². The van der Waals surface area contributed by atoms with Crippen LogP contribution in [0.5, 0.6) is 0 Å². The predicted molar refractivity (Wildman–Crippen MR) is 109 cm³/mol. The van der Waals surface area contributed by atoms with Crippen molar-refractivity contribution in [2.45, 2.75) is 38.7 Å². The van der Waals surface area contributed by atoms with Crippen LogP contribution in [0.25, 0.3) is 11.3 Å². The molecule has 1 amide bonds. The van der Waals surface area contributed by atoms with Gasteiger partial charge in [0.25, 0.3) is 0 Å². The Morgan fingerprint density at radius 1 is 1.07 bits per heavy atom. The quantitative estimate of drug-likeness (QED) is 0.717. The molecule has 0 fully saturated rings. The van der Waals surface area contributed by atoms with E-state index in [1.165, 1.54) is 5.56 Å². The molecule has 2 aromatic carbocycles. The lowest BCUT2D eigenvalue weighted by Crippen LogP contribution is -2.21. The van der Waals surface area contributed by atoms with Gasteiger partial charge < -0.3 is 10.4 Å². The molecule has 0 bridgehead atoms. The highest BCUT2D eigenvalue weighted by atomic mass is 16.3. The molecule has 0 aliphatic heterocycles. The van der Waals surface area contributed by atoms with Gasteiger partial charge in [-0.3, -0.25) is 4.79 Å². The minimum Gasteiger partial charge on any atom is -0.393 e. The summed E-state index contributed by atoms with van der Waals surface area (Å²) in [6.45, 7) is 1.60. The maximum Gasteiger partial charge on any atom is 0.228 e. The van der Waals surface area contributed by atoms with Crippen molar-refractivity contribution < 1.29 is 9.90 Å². The van der Waals surface area contributed by atoms with E-state index in [4.69, 9.17) is 9.97 Å². The second kappa shape index (κ2) is 7.90. The van der Waals surface area contributed by atoms with Crippen LogP contribution >= 0.6 is 0 Å². The first-order valence-electron chi connectivity index (χ1n) is 9.60. The summed E-state index contributed by atoms with van der Waals surface area (Å²) in [5, 5.41) is 12.4. The topological polar surface area (TPSA) is 75.1 Å². The van der Waals surface area contributed by atoms with Gasteiger partial charge in [-0.1, -0.05) is 54.6 Å². The smallest absolute Gasteiger partial charge is 0.228 e. The van der Waals surface area contributed by atoms with E-state index in [-0.39, 0.29) is 12.3 Å². The number of aliphatic hydroxyl groups excluding tert-OH is 1. The van der Waals surface area contributed by atoms with Gasteiger partial charge in [0.2, 0.25) is 5.91 Å². The Morgan fingerprint density at radius 2 is 1.82 bits per heavy atom. The molecule has 0 saturated heterocycles. The van der Waals surface area contributed by atoms with E-state index >= 15 is 0 Å². The van der Waals surface area contributed by atoms with E-state index in [0.717, 1.165) is 41.1 Å². The lowest BCUT2D eigenvalue weighted by atomic mass is 9.91. The van der Waals surface area contributed by atoms with Gasteiger partial charge in [-0.15, -0.1) is 0 Å². The van der Waals surface area contributed by atoms with E-state index in [1.54, 1.807) is 6.92 Å². The molecule has 142 valence electrons. The van der Waals surface area contributed by atoms with Crippen LogP contribution in [-0.4, -0.2) is 27.1 Å². The monoisotopic (exact) mass is 373 g/mol. The first-order chi connectivity index (χ1) is 13.6. The summed E-state index contributed by atoms with van der Waals surface area (Å²) < 4.78 is 0. The highest BCUT2D eigenvalue weighted by Gasteiger charge is 2.22. The molecule has 5 nitrogen and oxygen atoms in total. The number of nitrogens with one attached hydrogen (secondary N) is 1. The molecule has 1 heterocycles. The molecule has 5 heteroatoms. The van der Waals surface area contributed by atoms with Crippen LogP contribution < -0.4 is 5.32 Å². The first kappa shape index (κ1) is 18.3. The Bertz CT molecular complexity index is 1000. The van der Waals surface area contributed by atoms with Gasteiger partial charge in [-0.25, -0.2) is 9.97 Å². The van der Waals surface area contributed by atoms with Gasteiger partial charge >= 0.3 is 0 Å². The molecule has 1 atom stereocenters. The number of rotatable bonds is 5. The highest BCUT2D eigenvalue weighted by Crippen LogP contribution is 2.33. The molecule has 0 radical (unpaired) electrons. The molecule has 28 heavy (non-hydrogen) atoms. The Labute approximate surface area is 164 Å². The number of carbonyl (C=O) groups is 1. The molecule has 4 rings (SSSR count). The number of aryl methyl sites for hydroxylation is 2. The van der Waals surface area contributed by atoms with Crippen molar-refractivity contribution in [1.29, 1.82) is 0 Å². The normalized spacial score (nSPS) is 13.4. The lowest BCUT2D eigenvalue weighted by Gasteiger charge is -2.21. The third kappa shape index (κ3) is 3.94. The zero-order chi connectivity index (χ0) is 19.5. The van der Waals surface area contributed by atoms with Crippen molar-refractivity contribution in [1.82, 2.24) is 9.97 Å². The number of aliphatic hydroxyl groups is 1. The van der Waals surface area contributed by atoms with Gasteiger partial charge in [0, 0.05) is 12.0 Å². The van der Waals surface area contributed by atoms with Gasteiger partial charge in [0.1, 0.15) is 0 Å². The van der Waals surface area contributed by atoms with Crippen molar-refractivity contribution in [2.24, 2.45) is 0 Å². The summed E-state index contributed by atoms with van der Waals surface area (Å²) in [4.78, 5) is 22.0. The molecule has 0 spiro atoms. The third-order valence-electron chi connectivity index (χ3n) is 4.90. The van der Waals surface area contributed by atoms with E-state index in [0.29, 0.717) is 12.2 Å². The summed E-state index contributed by atoms with van der Waals surface area (Å²) >= 11 is 0. The van der Waals surface area contributed by atoms with Crippen LogP contribution in [0, 0.1) is 0 Å². The lowest BCUT2D eigenvalue weighted by molar-refractivity contribution is -0.117. The summed E-state index contributed by atoms with van der Waals surface area (Å²) in [6, 6.07) is 18.3. The zero-order valence-corrected chi connectivity index (χ0v) is 15.9. The molecule has 1 aliphatic carbocycles. The zero-order valence-electron chi connectivity index (χ0n) is 15.9. The van der Waals surface area contributed by atoms with Crippen LogP contribution in [0.15, 0.2) is 54.6 Å². The minimum atomic E-state index is -0.699. The first-order valence-corrected chi connectivity index (χ1v) is 9.60. The van der Waals surface area contributed by atoms with Crippen molar-refractivity contribution in [3.05, 3.63) is 77.1 Å². The number of benzene rings is 2. The summed E-state index contributed by atoms with van der Waals surface area (Å²) in [5.74, 6) is 0.238. The van der Waals surface area contributed by atoms with Gasteiger partial charge in [0.05, 0.1) is 29.6 Å². The van der Waals surface area contributed by atoms with Crippen LogP contribution in [0.4, 0.5) is 5.82 Å². The fourth-order valence-corrected chi connectivity index (χ4v) is 3.58. The van der Waals surface area contributed by atoms with E-state index in [9.17, 15) is 9.90 Å². The average Bonchev–Trinajstić information content (AvgIpc) is 2.68. The van der Waals surface area contributed by atoms with Crippen molar-refractivity contribution in [2.75, 3.05) is 5.32 Å². The van der Waals surface area contributed by atoms with Gasteiger partial charge in [-0.2, -0.15) is 0 Å². The van der Waals surface area contributed by atoms with E-state index in [1.807, 2.05) is 42.5 Å². The molecule has 0 saturated carbocycles. The highest BCUT2D eigenvalue weighted by molar-refractivity contribution is 5.91. The largest absolute Gasteiger partial charge is 0.393 e. The standard InChI is InChI=1S/C23H23N3O2/c1-15(27)13-21(28)26-23-20(14-16-7-3-2-4-8-16)24-22-18-10-6-5-9-17(18)11-12-19(22)25-23/h2-10,15,27H,11-14H2,1H3,(H,25,26,28). The third-order valence-corrected chi connectivity index (χ3v) is 4.90. The van der Waals surface area contributed by atoms with Crippen molar-refractivity contribution >= 4 is 11.7 Å². The second-order valence-electron chi connectivity index (χ2n) is 7.24. The van der Waals surface area contributed by atoms with E-state index < -0.39 is 6.10 Å². The number of carbonyl (C=O) groups excluding carboxylic acids is 1. The Kier molecular flexibility index (Phi) is 5.17. The minimum absolute atomic E-state index is 0.0341. The fourth-order valence-electron chi connectivity index (χ4n) is 3.58. The molecule has 1 aromatic heterocycles. The van der Waals surface area contributed by atoms with Crippen LogP contribution in [0.3, 0.4) is 0 Å². The van der Waals surface area contributed by atoms with Gasteiger partial charge in [0.15, 0.2) is 5.82 Å². The molecule has 3 aromatic rings. The molecular formula is C23H23N3O2. The Balaban J connectivity index is 1.76. The maximum atomic E-state index is 12.3. The predicted octanol–water partition coefficient (Wildman–Crippen LogP) is 3.54. The molecular weight excluding hydrogens is 350 g/mol. The Hall–Kier alpha value is -3.05. The molecule has 2 N–H and O–H groups in total. The number of amides is 1. The number of fused-ring (bicyclic) bond motifs is 3. The molecule has 1 aliphatic rings. The average molecular weight is 373 g/mol. The summed E-state index contributed by atoms with van der Waals surface area (Å²) in [6.07, 6.45) is 1.62. The number of hydrogen-bond donors (Lipinski definition) is 2. The number of nitrogens with zero attached hydrogens (tertiary/aromatic N) is 2. The molecule has 1 unspecified atom stereocenters.